The van der Waals surface area contributed by atoms with Gasteiger partial charge in [0.25, 0.3) is 0 Å². The molecule has 1 aromatic carbocycles. The summed E-state index contributed by atoms with van der Waals surface area (Å²) in [5, 5.41) is 0. The summed E-state index contributed by atoms with van der Waals surface area (Å²) in [6.45, 7) is 10.5. The normalized spacial score (nSPS) is 21.8. The highest BCUT2D eigenvalue weighted by atomic mass is 16.5. The summed E-state index contributed by atoms with van der Waals surface area (Å²) in [5.41, 5.74) is 2.84. The Morgan fingerprint density at radius 1 is 1.19 bits per heavy atom. The van der Waals surface area contributed by atoms with Crippen molar-refractivity contribution in [1.29, 1.82) is 0 Å². The van der Waals surface area contributed by atoms with E-state index in [1.165, 1.54) is 36.8 Å². The van der Waals surface area contributed by atoms with Gasteiger partial charge in [0.2, 0.25) is 0 Å². The van der Waals surface area contributed by atoms with E-state index in [9.17, 15) is 0 Å². The molecule has 0 unspecified atom stereocenters. The van der Waals surface area contributed by atoms with Gasteiger partial charge in [-0.1, -0.05) is 44.2 Å². The first-order valence-corrected chi connectivity index (χ1v) is 8.27. The molecule has 0 N–H and O–H groups in total. The molecule has 2 rings (SSSR count). The van der Waals surface area contributed by atoms with E-state index in [2.05, 4.69) is 44.4 Å². The fourth-order valence-corrected chi connectivity index (χ4v) is 3.30. The van der Waals surface area contributed by atoms with Gasteiger partial charge in [-0.25, -0.2) is 0 Å². The fourth-order valence-electron chi connectivity index (χ4n) is 3.30. The van der Waals surface area contributed by atoms with Crippen LogP contribution in [0.3, 0.4) is 0 Å². The molecule has 1 nitrogen and oxygen atoms in total. The Hall–Kier alpha value is -1.50. The summed E-state index contributed by atoms with van der Waals surface area (Å²) in [6, 6.07) is 6.79. The van der Waals surface area contributed by atoms with E-state index in [1.807, 2.05) is 0 Å². The Labute approximate surface area is 129 Å². The lowest BCUT2D eigenvalue weighted by Gasteiger charge is -2.27. The van der Waals surface area contributed by atoms with Gasteiger partial charge >= 0.3 is 0 Å². The number of rotatable bonds is 7. The molecule has 0 amide bonds. The molecule has 0 aromatic heterocycles. The molecule has 0 atom stereocenters. The zero-order chi connectivity index (χ0) is 15.1. The Bertz CT molecular complexity index is 467. The zero-order valence-electron chi connectivity index (χ0n) is 13.3. The first kappa shape index (κ1) is 15.9. The van der Waals surface area contributed by atoms with Crippen molar-refractivity contribution in [2.45, 2.75) is 51.4 Å². The maximum Gasteiger partial charge on any atom is 0.122 e. The van der Waals surface area contributed by atoms with Crippen molar-refractivity contribution in [2.75, 3.05) is 6.61 Å². The van der Waals surface area contributed by atoms with Gasteiger partial charge in [0.15, 0.2) is 0 Å². The maximum absolute atomic E-state index is 5.78. The molecule has 0 aliphatic heterocycles. The molecule has 1 aliphatic carbocycles. The van der Waals surface area contributed by atoms with E-state index in [1.54, 1.807) is 6.08 Å². The molecule has 0 spiro atoms. The number of allylic oxidation sites excluding steroid dienone is 1. The van der Waals surface area contributed by atoms with Gasteiger partial charge in [0, 0.05) is 0 Å². The fraction of sp³-hybridized carbons (Fsp3) is 0.500. The minimum Gasteiger partial charge on any atom is -0.489 e. The number of hydrogen-bond acceptors (Lipinski definition) is 1. The molecule has 1 saturated carbocycles. The van der Waals surface area contributed by atoms with Crippen LogP contribution in [-0.4, -0.2) is 6.61 Å². The minimum atomic E-state index is 0.584. The predicted octanol–water partition coefficient (Wildman–Crippen LogP) is 5.66. The van der Waals surface area contributed by atoms with Crippen LogP contribution in [0.15, 0.2) is 43.5 Å². The van der Waals surface area contributed by atoms with Crippen LogP contribution >= 0.6 is 0 Å². The highest BCUT2D eigenvalue weighted by Gasteiger charge is 2.21. The van der Waals surface area contributed by atoms with E-state index in [0.29, 0.717) is 12.5 Å². The van der Waals surface area contributed by atoms with E-state index in [-0.39, 0.29) is 0 Å². The molecule has 0 radical (unpaired) electrons. The van der Waals surface area contributed by atoms with Crippen LogP contribution in [0.4, 0.5) is 0 Å². The van der Waals surface area contributed by atoms with Crippen molar-refractivity contribution in [2.24, 2.45) is 5.92 Å². The average Bonchev–Trinajstić information content (AvgIpc) is 2.54. The lowest BCUT2D eigenvalue weighted by Crippen LogP contribution is -2.12. The molecule has 0 saturated heterocycles. The van der Waals surface area contributed by atoms with Gasteiger partial charge < -0.3 is 4.74 Å². The number of ether oxygens (including phenoxy) is 1. The Kier molecular flexibility index (Phi) is 6.10. The van der Waals surface area contributed by atoms with Crippen LogP contribution in [0.25, 0.3) is 0 Å². The van der Waals surface area contributed by atoms with Crippen molar-refractivity contribution in [3.05, 3.63) is 54.6 Å². The molecule has 0 heterocycles. The molecular weight excluding hydrogens is 256 g/mol. The largest absolute Gasteiger partial charge is 0.489 e. The Balaban J connectivity index is 2.11. The van der Waals surface area contributed by atoms with Gasteiger partial charge in [0.05, 0.1) is 0 Å². The SMILES string of the molecule is C=CCOc1ccc(C2CCC(C=C)CC2)cc1CCC. The van der Waals surface area contributed by atoms with Crippen LogP contribution in [0.1, 0.15) is 56.1 Å². The summed E-state index contributed by atoms with van der Waals surface area (Å²) in [6.07, 6.45) is 11.3. The van der Waals surface area contributed by atoms with Crippen LogP contribution < -0.4 is 4.74 Å². The van der Waals surface area contributed by atoms with Crippen LogP contribution in [0.2, 0.25) is 0 Å². The molecule has 114 valence electrons. The molecule has 1 heteroatoms. The lowest BCUT2D eigenvalue weighted by atomic mass is 9.78. The molecule has 0 bridgehead atoms. The minimum absolute atomic E-state index is 0.584. The summed E-state index contributed by atoms with van der Waals surface area (Å²) >= 11 is 0. The summed E-state index contributed by atoms with van der Waals surface area (Å²) in [4.78, 5) is 0. The Morgan fingerprint density at radius 3 is 2.57 bits per heavy atom. The molecule has 1 aromatic rings. The summed E-state index contributed by atoms with van der Waals surface area (Å²) < 4.78 is 5.78. The second-order valence-electron chi connectivity index (χ2n) is 6.06. The van der Waals surface area contributed by atoms with Gasteiger partial charge in [-0.3, -0.25) is 0 Å². The van der Waals surface area contributed by atoms with E-state index < -0.39 is 0 Å². The van der Waals surface area contributed by atoms with Gasteiger partial charge in [0.1, 0.15) is 12.4 Å². The predicted molar refractivity (Wildman–Crippen MR) is 91.0 cm³/mol. The first-order valence-electron chi connectivity index (χ1n) is 8.27. The third-order valence-corrected chi connectivity index (χ3v) is 4.54. The van der Waals surface area contributed by atoms with Crippen molar-refractivity contribution in [3.63, 3.8) is 0 Å². The highest BCUT2D eigenvalue weighted by molar-refractivity contribution is 5.39. The quantitative estimate of drug-likeness (QED) is 0.587. The third kappa shape index (κ3) is 4.23. The van der Waals surface area contributed by atoms with Gasteiger partial charge in [-0.15, -0.1) is 6.58 Å². The molecule has 1 aliphatic rings. The van der Waals surface area contributed by atoms with Gasteiger partial charge in [-0.2, -0.15) is 0 Å². The topological polar surface area (TPSA) is 9.23 Å². The van der Waals surface area contributed by atoms with Crippen LogP contribution in [0, 0.1) is 5.92 Å². The van der Waals surface area contributed by atoms with E-state index in [4.69, 9.17) is 4.74 Å². The first-order chi connectivity index (χ1) is 10.3. The van der Waals surface area contributed by atoms with Crippen LogP contribution in [0.5, 0.6) is 5.75 Å². The second-order valence-corrected chi connectivity index (χ2v) is 6.06. The molecule has 21 heavy (non-hydrogen) atoms. The summed E-state index contributed by atoms with van der Waals surface area (Å²) in [7, 11) is 0. The Morgan fingerprint density at radius 2 is 1.95 bits per heavy atom. The van der Waals surface area contributed by atoms with Gasteiger partial charge in [-0.05, 0) is 61.1 Å². The lowest BCUT2D eigenvalue weighted by molar-refractivity contribution is 0.357. The molecule has 1 fully saturated rings. The smallest absolute Gasteiger partial charge is 0.122 e. The van der Waals surface area contributed by atoms with E-state index >= 15 is 0 Å². The number of hydrogen-bond donors (Lipinski definition) is 0. The zero-order valence-corrected chi connectivity index (χ0v) is 13.3. The van der Waals surface area contributed by atoms with Crippen LogP contribution in [-0.2, 0) is 6.42 Å². The highest BCUT2D eigenvalue weighted by Crippen LogP contribution is 2.37. The maximum atomic E-state index is 5.78. The second kappa shape index (κ2) is 8.07. The van der Waals surface area contributed by atoms with Crippen molar-refractivity contribution >= 4 is 0 Å². The third-order valence-electron chi connectivity index (χ3n) is 4.54. The molecular formula is C20H28O. The number of aryl methyl sites for hydroxylation is 1. The van der Waals surface area contributed by atoms with E-state index in [0.717, 1.165) is 24.5 Å². The van der Waals surface area contributed by atoms with Crippen molar-refractivity contribution in [3.8, 4) is 5.75 Å². The van der Waals surface area contributed by atoms with Crippen molar-refractivity contribution < 1.29 is 4.74 Å². The average molecular weight is 284 g/mol. The monoisotopic (exact) mass is 284 g/mol. The summed E-state index contributed by atoms with van der Waals surface area (Å²) in [5.74, 6) is 2.47. The number of benzene rings is 1. The van der Waals surface area contributed by atoms with Crippen molar-refractivity contribution in [1.82, 2.24) is 0 Å². The standard InChI is InChI=1S/C20H28O/c1-4-7-19-15-18(12-13-20(19)21-14-5-2)17-10-8-16(6-3)9-11-17/h5-6,12-13,15-17H,2-4,7-11,14H2,1H3.